The van der Waals surface area contributed by atoms with Crippen molar-refractivity contribution < 1.29 is 0 Å². The van der Waals surface area contributed by atoms with Crippen LogP contribution in [0, 0.1) is 13.8 Å². The van der Waals surface area contributed by atoms with Gasteiger partial charge in [0.25, 0.3) is 0 Å². The maximum Gasteiger partial charge on any atom is 0.0663 e. The number of halogens is 2. The van der Waals surface area contributed by atoms with Gasteiger partial charge in [0.2, 0.25) is 0 Å². The molecule has 0 aliphatic rings. The molecule has 17 heavy (non-hydrogen) atoms. The molecule has 90 valence electrons. The van der Waals surface area contributed by atoms with E-state index in [1.165, 1.54) is 0 Å². The highest BCUT2D eigenvalue weighted by atomic mass is 35.5. The number of aromatic nitrogens is 2. The van der Waals surface area contributed by atoms with Crippen LogP contribution in [0.1, 0.15) is 22.5 Å². The molecule has 0 saturated heterocycles. The standard InChI is InChI=1S/C13H14Cl2N2/c1-9-13(7-14)10(2)17(16-9)8-11-4-3-5-12(15)6-11/h3-6H,7-8H2,1-2H3. The van der Waals surface area contributed by atoms with Gasteiger partial charge in [0.15, 0.2) is 0 Å². The van der Waals surface area contributed by atoms with E-state index < -0.39 is 0 Å². The first kappa shape index (κ1) is 12.5. The van der Waals surface area contributed by atoms with Crippen LogP contribution in [-0.4, -0.2) is 9.78 Å². The lowest BCUT2D eigenvalue weighted by atomic mass is 10.2. The summed E-state index contributed by atoms with van der Waals surface area (Å²) < 4.78 is 1.97. The predicted molar refractivity (Wildman–Crippen MR) is 71.8 cm³/mol. The number of hydrogen-bond acceptors (Lipinski definition) is 1. The predicted octanol–water partition coefficient (Wildman–Crippen LogP) is 3.94. The van der Waals surface area contributed by atoms with Crippen LogP contribution in [0.2, 0.25) is 5.02 Å². The summed E-state index contributed by atoms with van der Waals surface area (Å²) in [5.41, 5.74) is 4.38. The Morgan fingerprint density at radius 1 is 1.29 bits per heavy atom. The van der Waals surface area contributed by atoms with E-state index in [0.29, 0.717) is 5.88 Å². The SMILES string of the molecule is Cc1nn(Cc2cccc(Cl)c2)c(C)c1CCl. The van der Waals surface area contributed by atoms with Crippen LogP contribution in [-0.2, 0) is 12.4 Å². The van der Waals surface area contributed by atoms with Crippen molar-refractivity contribution in [3.05, 3.63) is 51.8 Å². The minimum absolute atomic E-state index is 0.507. The molecule has 2 rings (SSSR count). The summed E-state index contributed by atoms with van der Waals surface area (Å²) >= 11 is 11.9. The first-order valence-electron chi connectivity index (χ1n) is 5.45. The molecule has 0 unspecified atom stereocenters. The van der Waals surface area contributed by atoms with Crippen molar-refractivity contribution in [1.82, 2.24) is 9.78 Å². The van der Waals surface area contributed by atoms with Crippen LogP contribution < -0.4 is 0 Å². The van der Waals surface area contributed by atoms with E-state index >= 15 is 0 Å². The molecule has 0 atom stereocenters. The number of nitrogens with zero attached hydrogens (tertiary/aromatic N) is 2. The highest BCUT2D eigenvalue weighted by molar-refractivity contribution is 6.30. The first-order valence-corrected chi connectivity index (χ1v) is 6.36. The van der Waals surface area contributed by atoms with Gasteiger partial charge in [-0.3, -0.25) is 4.68 Å². The highest BCUT2D eigenvalue weighted by Gasteiger charge is 2.10. The summed E-state index contributed by atoms with van der Waals surface area (Å²) in [6.45, 7) is 4.76. The van der Waals surface area contributed by atoms with Crippen molar-refractivity contribution in [1.29, 1.82) is 0 Å². The average Bonchev–Trinajstić information content (AvgIpc) is 2.54. The van der Waals surface area contributed by atoms with Crippen molar-refractivity contribution in [3.8, 4) is 0 Å². The molecule has 0 aliphatic heterocycles. The molecule has 0 aliphatic carbocycles. The third kappa shape index (κ3) is 2.64. The van der Waals surface area contributed by atoms with E-state index in [0.717, 1.165) is 34.1 Å². The summed E-state index contributed by atoms with van der Waals surface area (Å²) in [6, 6.07) is 7.82. The quantitative estimate of drug-likeness (QED) is 0.772. The molecule has 2 nitrogen and oxygen atoms in total. The van der Waals surface area contributed by atoms with Gasteiger partial charge in [-0.15, -0.1) is 11.6 Å². The summed E-state index contributed by atoms with van der Waals surface area (Å²) in [4.78, 5) is 0. The Morgan fingerprint density at radius 2 is 2.06 bits per heavy atom. The Morgan fingerprint density at radius 3 is 2.65 bits per heavy atom. The molecule has 1 heterocycles. The van der Waals surface area contributed by atoms with Crippen LogP contribution in [0.25, 0.3) is 0 Å². The average molecular weight is 269 g/mol. The van der Waals surface area contributed by atoms with E-state index in [-0.39, 0.29) is 0 Å². The van der Waals surface area contributed by atoms with Crippen molar-refractivity contribution >= 4 is 23.2 Å². The van der Waals surface area contributed by atoms with Gasteiger partial charge in [0.1, 0.15) is 0 Å². The van der Waals surface area contributed by atoms with Gasteiger partial charge in [0, 0.05) is 16.3 Å². The van der Waals surface area contributed by atoms with Crippen LogP contribution in [0.4, 0.5) is 0 Å². The molecule has 0 bridgehead atoms. The molecule has 4 heteroatoms. The fourth-order valence-corrected chi connectivity index (χ4v) is 2.49. The van der Waals surface area contributed by atoms with Gasteiger partial charge in [0.05, 0.1) is 18.1 Å². The first-order chi connectivity index (χ1) is 8.11. The molecule has 1 aromatic carbocycles. The topological polar surface area (TPSA) is 17.8 Å². The molecule has 1 aromatic heterocycles. The van der Waals surface area contributed by atoms with Crippen molar-refractivity contribution in [2.24, 2.45) is 0 Å². The Balaban J connectivity index is 2.30. The highest BCUT2D eigenvalue weighted by Crippen LogP contribution is 2.18. The van der Waals surface area contributed by atoms with Gasteiger partial charge in [-0.2, -0.15) is 5.10 Å². The van der Waals surface area contributed by atoms with Crippen LogP contribution in [0.5, 0.6) is 0 Å². The van der Waals surface area contributed by atoms with Gasteiger partial charge < -0.3 is 0 Å². The fraction of sp³-hybridized carbons (Fsp3) is 0.308. The Bertz CT molecular complexity index is 532. The minimum atomic E-state index is 0.507. The Labute approximate surface area is 111 Å². The van der Waals surface area contributed by atoms with Crippen LogP contribution in [0.3, 0.4) is 0 Å². The number of aryl methyl sites for hydroxylation is 1. The number of benzene rings is 1. The second kappa shape index (κ2) is 5.11. The van der Waals surface area contributed by atoms with Gasteiger partial charge in [-0.05, 0) is 31.5 Å². The zero-order valence-electron chi connectivity index (χ0n) is 9.87. The van der Waals surface area contributed by atoms with E-state index in [9.17, 15) is 0 Å². The second-order valence-electron chi connectivity index (χ2n) is 4.07. The van der Waals surface area contributed by atoms with Crippen LogP contribution in [0.15, 0.2) is 24.3 Å². The Kier molecular flexibility index (Phi) is 3.75. The minimum Gasteiger partial charge on any atom is -0.265 e. The normalized spacial score (nSPS) is 10.8. The van der Waals surface area contributed by atoms with Gasteiger partial charge in [-0.25, -0.2) is 0 Å². The second-order valence-corrected chi connectivity index (χ2v) is 4.77. The molecule has 0 fully saturated rings. The summed E-state index contributed by atoms with van der Waals surface area (Å²) in [5, 5.41) is 5.25. The molecule has 0 spiro atoms. The molecule has 0 N–H and O–H groups in total. The van der Waals surface area contributed by atoms with Crippen molar-refractivity contribution in [2.75, 3.05) is 0 Å². The van der Waals surface area contributed by atoms with E-state index in [2.05, 4.69) is 5.10 Å². The zero-order valence-corrected chi connectivity index (χ0v) is 11.4. The molecule has 2 aromatic rings. The van der Waals surface area contributed by atoms with Crippen molar-refractivity contribution in [2.45, 2.75) is 26.3 Å². The lowest BCUT2D eigenvalue weighted by molar-refractivity contribution is 0.658. The van der Waals surface area contributed by atoms with Crippen molar-refractivity contribution in [3.63, 3.8) is 0 Å². The maximum absolute atomic E-state index is 5.96. The monoisotopic (exact) mass is 268 g/mol. The zero-order chi connectivity index (χ0) is 12.4. The molecular weight excluding hydrogens is 255 g/mol. The summed E-state index contributed by atoms with van der Waals surface area (Å²) in [7, 11) is 0. The maximum atomic E-state index is 5.96. The van der Waals surface area contributed by atoms with Crippen LogP contribution >= 0.6 is 23.2 Å². The lowest BCUT2D eigenvalue weighted by Gasteiger charge is -2.05. The molecule has 0 radical (unpaired) electrons. The number of rotatable bonds is 3. The van der Waals surface area contributed by atoms with Gasteiger partial charge in [-0.1, -0.05) is 23.7 Å². The summed E-state index contributed by atoms with van der Waals surface area (Å²) in [5.74, 6) is 0.507. The smallest absolute Gasteiger partial charge is 0.0663 e. The number of alkyl halides is 1. The van der Waals surface area contributed by atoms with E-state index in [1.54, 1.807) is 0 Å². The van der Waals surface area contributed by atoms with E-state index in [4.69, 9.17) is 23.2 Å². The largest absolute Gasteiger partial charge is 0.265 e. The fourth-order valence-electron chi connectivity index (χ4n) is 1.89. The summed E-state index contributed by atoms with van der Waals surface area (Å²) in [6.07, 6.45) is 0. The molecule has 0 amide bonds. The Hall–Kier alpha value is -0.990. The third-order valence-electron chi connectivity index (χ3n) is 2.89. The lowest BCUT2D eigenvalue weighted by Crippen LogP contribution is -2.04. The molecule has 0 saturated carbocycles. The van der Waals surface area contributed by atoms with Gasteiger partial charge >= 0.3 is 0 Å². The third-order valence-corrected chi connectivity index (χ3v) is 3.39. The molecular formula is C13H14Cl2N2. The number of hydrogen-bond donors (Lipinski definition) is 0. The van der Waals surface area contributed by atoms with E-state index in [1.807, 2.05) is 42.8 Å².